The SMILES string of the molecule is Cc1sc2nc(C[NH+]3CCCC3)nc(Nc3ccc(C(=O)N(C)C)cc3)c2c1C. The molecule has 2 aromatic heterocycles. The number of nitrogens with zero attached hydrogens (tertiary/aromatic N) is 3. The maximum absolute atomic E-state index is 12.1. The van der Waals surface area contributed by atoms with Crippen molar-refractivity contribution in [2.75, 3.05) is 32.5 Å². The third kappa shape index (κ3) is 4.11. The van der Waals surface area contributed by atoms with Gasteiger partial charge in [-0.25, -0.2) is 9.97 Å². The van der Waals surface area contributed by atoms with Crippen LogP contribution in [0, 0.1) is 13.8 Å². The van der Waals surface area contributed by atoms with Gasteiger partial charge >= 0.3 is 0 Å². The molecule has 7 heteroatoms. The molecular formula is C22H28N5OS+. The largest absolute Gasteiger partial charge is 0.345 e. The molecule has 0 radical (unpaired) electrons. The zero-order valence-electron chi connectivity index (χ0n) is 17.5. The molecule has 1 aliphatic heterocycles. The molecule has 1 aromatic carbocycles. The van der Waals surface area contributed by atoms with E-state index in [9.17, 15) is 4.79 Å². The van der Waals surface area contributed by atoms with Crippen molar-refractivity contribution in [2.24, 2.45) is 0 Å². The van der Waals surface area contributed by atoms with E-state index in [1.807, 2.05) is 24.3 Å². The van der Waals surface area contributed by atoms with Crippen molar-refractivity contribution in [3.8, 4) is 0 Å². The van der Waals surface area contributed by atoms with Crippen LogP contribution in [0.2, 0.25) is 0 Å². The fraction of sp³-hybridized carbons (Fsp3) is 0.409. The van der Waals surface area contributed by atoms with Gasteiger partial charge in [0.1, 0.15) is 17.2 Å². The monoisotopic (exact) mass is 410 g/mol. The number of anilines is 2. The average molecular weight is 411 g/mol. The normalized spacial score (nSPS) is 14.5. The number of nitrogens with one attached hydrogen (secondary N) is 2. The van der Waals surface area contributed by atoms with E-state index in [1.165, 1.54) is 36.4 Å². The molecule has 152 valence electrons. The van der Waals surface area contributed by atoms with Crippen LogP contribution in [0.25, 0.3) is 10.2 Å². The molecule has 6 nitrogen and oxygen atoms in total. The number of aryl methyl sites for hydroxylation is 2. The summed E-state index contributed by atoms with van der Waals surface area (Å²) in [5.74, 6) is 1.76. The third-order valence-corrected chi connectivity index (χ3v) is 6.70. The number of likely N-dealkylation sites (tertiary alicyclic amines) is 1. The summed E-state index contributed by atoms with van der Waals surface area (Å²) in [6, 6.07) is 7.57. The first-order valence-electron chi connectivity index (χ1n) is 10.1. The van der Waals surface area contributed by atoms with Crippen molar-refractivity contribution in [2.45, 2.75) is 33.2 Å². The number of hydrogen-bond donors (Lipinski definition) is 2. The Balaban J connectivity index is 1.66. The standard InChI is InChI=1S/C22H27N5OS/c1-14-15(2)29-21-19(14)20(24-18(25-21)13-27-11-5-6-12-27)23-17-9-7-16(8-10-17)22(28)26(3)4/h7-10H,5-6,11-13H2,1-4H3,(H,23,24,25)/p+1. The first-order chi connectivity index (χ1) is 13.9. The summed E-state index contributed by atoms with van der Waals surface area (Å²) in [4.78, 5) is 27.4. The summed E-state index contributed by atoms with van der Waals surface area (Å²) in [6.45, 7) is 7.55. The summed E-state index contributed by atoms with van der Waals surface area (Å²) in [5, 5.41) is 4.58. The molecule has 4 rings (SSSR count). The second-order valence-electron chi connectivity index (χ2n) is 7.99. The van der Waals surface area contributed by atoms with Crippen LogP contribution in [-0.2, 0) is 6.54 Å². The van der Waals surface area contributed by atoms with Crippen molar-refractivity contribution in [3.05, 3.63) is 46.1 Å². The highest BCUT2D eigenvalue weighted by atomic mass is 32.1. The van der Waals surface area contributed by atoms with Gasteiger partial charge in [0.25, 0.3) is 5.91 Å². The molecule has 0 atom stereocenters. The van der Waals surface area contributed by atoms with Crippen molar-refractivity contribution in [1.29, 1.82) is 0 Å². The van der Waals surface area contributed by atoms with Crippen LogP contribution in [0.15, 0.2) is 24.3 Å². The lowest BCUT2D eigenvalue weighted by Crippen LogP contribution is -3.08. The molecule has 1 fully saturated rings. The van der Waals surface area contributed by atoms with Gasteiger partial charge in [0.15, 0.2) is 5.82 Å². The van der Waals surface area contributed by atoms with E-state index in [2.05, 4.69) is 19.2 Å². The molecule has 0 bridgehead atoms. The van der Waals surface area contributed by atoms with Crippen molar-refractivity contribution in [3.63, 3.8) is 0 Å². The molecule has 3 aromatic rings. The van der Waals surface area contributed by atoms with E-state index in [4.69, 9.17) is 9.97 Å². The molecule has 0 spiro atoms. The first kappa shape index (κ1) is 19.8. The lowest BCUT2D eigenvalue weighted by molar-refractivity contribution is -0.902. The number of thiophene rings is 1. The smallest absolute Gasteiger partial charge is 0.253 e. The van der Waals surface area contributed by atoms with Gasteiger partial charge in [0, 0.05) is 43.1 Å². The summed E-state index contributed by atoms with van der Waals surface area (Å²) < 4.78 is 0. The van der Waals surface area contributed by atoms with Crippen LogP contribution in [-0.4, -0.2) is 48.0 Å². The van der Waals surface area contributed by atoms with Crippen LogP contribution < -0.4 is 10.2 Å². The highest BCUT2D eigenvalue weighted by Crippen LogP contribution is 2.34. The number of amides is 1. The molecule has 1 aliphatic rings. The molecule has 3 heterocycles. The van der Waals surface area contributed by atoms with Crippen LogP contribution in [0.1, 0.15) is 39.5 Å². The van der Waals surface area contributed by atoms with Crippen LogP contribution in [0.4, 0.5) is 11.5 Å². The van der Waals surface area contributed by atoms with Gasteiger partial charge in [-0.05, 0) is 43.7 Å². The topological polar surface area (TPSA) is 62.6 Å². The van der Waals surface area contributed by atoms with Crippen LogP contribution >= 0.6 is 11.3 Å². The van der Waals surface area contributed by atoms with Gasteiger partial charge in [0.2, 0.25) is 0 Å². The van der Waals surface area contributed by atoms with Crippen molar-refractivity contribution < 1.29 is 9.69 Å². The summed E-state index contributed by atoms with van der Waals surface area (Å²) >= 11 is 1.73. The lowest BCUT2D eigenvalue weighted by atomic mass is 10.1. The van der Waals surface area contributed by atoms with Gasteiger partial charge in [-0.3, -0.25) is 4.79 Å². The first-order valence-corrected chi connectivity index (χ1v) is 10.9. The number of carbonyl (C=O) groups is 1. The molecule has 1 amide bonds. The Morgan fingerprint density at radius 3 is 2.48 bits per heavy atom. The molecular weight excluding hydrogens is 382 g/mol. The van der Waals surface area contributed by atoms with E-state index in [0.717, 1.165) is 34.1 Å². The predicted molar refractivity (Wildman–Crippen MR) is 118 cm³/mol. The van der Waals surface area contributed by atoms with Crippen LogP contribution in [0.5, 0.6) is 0 Å². The zero-order valence-corrected chi connectivity index (χ0v) is 18.3. The summed E-state index contributed by atoms with van der Waals surface area (Å²) in [7, 11) is 3.52. The van der Waals surface area contributed by atoms with E-state index < -0.39 is 0 Å². The van der Waals surface area contributed by atoms with Crippen molar-refractivity contribution >= 4 is 39.0 Å². The number of fused-ring (bicyclic) bond motifs is 1. The predicted octanol–water partition coefficient (Wildman–Crippen LogP) is 2.93. The quantitative estimate of drug-likeness (QED) is 0.679. The minimum atomic E-state index is 0.00107. The fourth-order valence-corrected chi connectivity index (χ4v) is 4.88. The average Bonchev–Trinajstić information content (AvgIpc) is 3.30. The maximum Gasteiger partial charge on any atom is 0.253 e. The van der Waals surface area contributed by atoms with Gasteiger partial charge in [0.05, 0.1) is 18.5 Å². The molecule has 29 heavy (non-hydrogen) atoms. The lowest BCUT2D eigenvalue weighted by Gasteiger charge is -2.14. The van der Waals surface area contributed by atoms with E-state index in [0.29, 0.717) is 5.56 Å². The number of quaternary nitrogens is 1. The van der Waals surface area contributed by atoms with Crippen LogP contribution in [0.3, 0.4) is 0 Å². The number of aromatic nitrogens is 2. The Hall–Kier alpha value is -2.51. The Morgan fingerprint density at radius 2 is 1.83 bits per heavy atom. The fourth-order valence-electron chi connectivity index (χ4n) is 3.83. The molecule has 0 unspecified atom stereocenters. The highest BCUT2D eigenvalue weighted by Gasteiger charge is 2.20. The highest BCUT2D eigenvalue weighted by molar-refractivity contribution is 7.18. The van der Waals surface area contributed by atoms with Gasteiger partial charge in [-0.1, -0.05) is 0 Å². The Kier molecular flexibility index (Phi) is 5.52. The van der Waals surface area contributed by atoms with Gasteiger partial charge in [-0.2, -0.15) is 0 Å². The Labute approximate surface area is 175 Å². The second kappa shape index (κ2) is 8.08. The molecule has 0 saturated carbocycles. The van der Waals surface area contributed by atoms with Gasteiger partial charge < -0.3 is 15.1 Å². The number of hydrogen-bond acceptors (Lipinski definition) is 5. The van der Waals surface area contributed by atoms with E-state index in [-0.39, 0.29) is 5.91 Å². The third-order valence-electron chi connectivity index (χ3n) is 5.59. The Morgan fingerprint density at radius 1 is 1.14 bits per heavy atom. The minimum Gasteiger partial charge on any atom is -0.345 e. The number of carbonyl (C=O) groups excluding carboxylic acids is 1. The van der Waals surface area contributed by atoms with Gasteiger partial charge in [-0.15, -0.1) is 11.3 Å². The summed E-state index contributed by atoms with van der Waals surface area (Å²) in [5.41, 5.74) is 2.82. The number of benzene rings is 1. The second-order valence-corrected chi connectivity index (χ2v) is 9.19. The summed E-state index contributed by atoms with van der Waals surface area (Å²) in [6.07, 6.45) is 2.58. The maximum atomic E-state index is 12.1. The van der Waals surface area contributed by atoms with E-state index >= 15 is 0 Å². The molecule has 2 N–H and O–H groups in total. The minimum absolute atomic E-state index is 0.00107. The molecule has 0 aliphatic carbocycles. The Bertz CT molecular complexity index is 1040. The number of rotatable bonds is 5. The zero-order chi connectivity index (χ0) is 20.5. The van der Waals surface area contributed by atoms with Crippen molar-refractivity contribution in [1.82, 2.24) is 14.9 Å². The molecule has 1 saturated heterocycles. The van der Waals surface area contributed by atoms with E-state index in [1.54, 1.807) is 35.2 Å².